The molecule has 29 heavy (non-hydrogen) atoms. The van der Waals surface area contributed by atoms with Gasteiger partial charge >= 0.3 is 0 Å². The molecule has 0 saturated heterocycles. The van der Waals surface area contributed by atoms with Gasteiger partial charge in [0.2, 0.25) is 0 Å². The summed E-state index contributed by atoms with van der Waals surface area (Å²) in [4.78, 5) is 16.4. The highest BCUT2D eigenvalue weighted by molar-refractivity contribution is 7.90. The van der Waals surface area contributed by atoms with Crippen LogP contribution in [-0.4, -0.2) is 32.1 Å². The third-order valence-electron chi connectivity index (χ3n) is 4.63. The molecule has 0 radical (unpaired) electrons. The molecular formula is C22H21FN2O3S. The second-order valence-electron chi connectivity index (χ2n) is 6.73. The number of pyridine rings is 1. The highest BCUT2D eigenvalue weighted by Crippen LogP contribution is 2.29. The molecule has 0 bridgehead atoms. The smallest absolute Gasteiger partial charge is 0.252 e. The van der Waals surface area contributed by atoms with Crippen molar-refractivity contribution in [2.45, 2.75) is 17.2 Å². The van der Waals surface area contributed by atoms with E-state index in [0.717, 1.165) is 17.4 Å². The van der Waals surface area contributed by atoms with Gasteiger partial charge < -0.3 is 5.32 Å². The van der Waals surface area contributed by atoms with Crippen molar-refractivity contribution in [1.29, 1.82) is 0 Å². The van der Waals surface area contributed by atoms with Crippen molar-refractivity contribution in [3.63, 3.8) is 0 Å². The summed E-state index contributed by atoms with van der Waals surface area (Å²) >= 11 is 0. The van der Waals surface area contributed by atoms with Crippen LogP contribution < -0.4 is 5.32 Å². The fourth-order valence-corrected chi connectivity index (χ4v) is 3.73. The number of amides is 1. The monoisotopic (exact) mass is 412 g/mol. The van der Waals surface area contributed by atoms with E-state index in [1.165, 1.54) is 18.3 Å². The van der Waals surface area contributed by atoms with Crippen LogP contribution in [0.15, 0.2) is 78.0 Å². The Morgan fingerprint density at radius 2 is 1.66 bits per heavy atom. The van der Waals surface area contributed by atoms with Crippen LogP contribution in [0.4, 0.5) is 4.39 Å². The maximum atomic E-state index is 13.4. The quantitative estimate of drug-likeness (QED) is 0.644. The van der Waals surface area contributed by atoms with E-state index >= 15 is 0 Å². The second kappa shape index (κ2) is 8.96. The lowest BCUT2D eigenvalue weighted by molar-refractivity contribution is 0.0952. The van der Waals surface area contributed by atoms with Gasteiger partial charge in [-0.25, -0.2) is 12.8 Å². The minimum atomic E-state index is -3.29. The van der Waals surface area contributed by atoms with Gasteiger partial charge in [0.25, 0.3) is 5.91 Å². The Balaban J connectivity index is 1.78. The number of benzene rings is 2. The van der Waals surface area contributed by atoms with Gasteiger partial charge in [-0.05, 0) is 53.9 Å². The maximum absolute atomic E-state index is 13.4. The third-order valence-corrected chi connectivity index (χ3v) is 5.75. The summed E-state index contributed by atoms with van der Waals surface area (Å²) in [5.74, 6) is -0.674. The van der Waals surface area contributed by atoms with Crippen LogP contribution in [0.3, 0.4) is 0 Å². The molecule has 0 fully saturated rings. The van der Waals surface area contributed by atoms with Gasteiger partial charge in [0.1, 0.15) is 5.82 Å². The maximum Gasteiger partial charge on any atom is 0.252 e. The molecule has 3 aromatic rings. The van der Waals surface area contributed by atoms with Crippen LogP contribution in [0.2, 0.25) is 0 Å². The molecule has 1 heterocycles. The summed E-state index contributed by atoms with van der Waals surface area (Å²) in [5, 5.41) is 2.87. The van der Waals surface area contributed by atoms with Crippen LogP contribution in [0, 0.1) is 5.82 Å². The normalized spacial score (nSPS) is 12.3. The fourth-order valence-electron chi connectivity index (χ4n) is 3.10. The molecule has 0 aliphatic carbocycles. The highest BCUT2D eigenvalue weighted by Gasteiger charge is 2.16. The number of carbonyl (C=O) groups is 1. The number of carbonyl (C=O) groups excluding carboxylic acids is 1. The average Bonchev–Trinajstić information content (AvgIpc) is 2.72. The fraction of sp³-hybridized carbons (Fsp3) is 0.182. The zero-order chi connectivity index (χ0) is 20.9. The van der Waals surface area contributed by atoms with Crippen molar-refractivity contribution < 1.29 is 17.6 Å². The van der Waals surface area contributed by atoms with E-state index in [1.807, 2.05) is 0 Å². The molecule has 2 aromatic carbocycles. The predicted molar refractivity (Wildman–Crippen MR) is 109 cm³/mol. The van der Waals surface area contributed by atoms with Gasteiger partial charge in [-0.1, -0.05) is 24.3 Å². The van der Waals surface area contributed by atoms with Crippen LogP contribution in [0.5, 0.6) is 0 Å². The average molecular weight is 412 g/mol. The van der Waals surface area contributed by atoms with E-state index in [-0.39, 0.29) is 22.5 Å². The van der Waals surface area contributed by atoms with E-state index < -0.39 is 9.84 Å². The Bertz CT molecular complexity index is 1070. The van der Waals surface area contributed by atoms with Gasteiger partial charge in [-0.2, -0.15) is 0 Å². The molecular weight excluding hydrogens is 391 g/mol. The Morgan fingerprint density at radius 3 is 2.21 bits per heavy atom. The Kier molecular flexibility index (Phi) is 6.39. The Morgan fingerprint density at radius 1 is 1.03 bits per heavy atom. The summed E-state index contributed by atoms with van der Waals surface area (Å²) in [5.41, 5.74) is 2.25. The summed E-state index contributed by atoms with van der Waals surface area (Å²) in [6, 6.07) is 16.2. The molecule has 1 aromatic heterocycles. The van der Waals surface area contributed by atoms with Crippen LogP contribution in [-0.2, 0) is 9.84 Å². The molecule has 1 amide bonds. The number of nitrogens with one attached hydrogen (secondary N) is 1. The molecule has 1 N–H and O–H groups in total. The van der Waals surface area contributed by atoms with E-state index in [0.29, 0.717) is 18.5 Å². The van der Waals surface area contributed by atoms with E-state index in [2.05, 4.69) is 10.3 Å². The molecule has 150 valence electrons. The van der Waals surface area contributed by atoms with E-state index in [1.54, 1.807) is 54.7 Å². The summed E-state index contributed by atoms with van der Waals surface area (Å²) in [6.07, 6.45) is 4.82. The number of nitrogens with zero attached hydrogens (tertiary/aromatic N) is 1. The summed E-state index contributed by atoms with van der Waals surface area (Å²) < 4.78 is 36.8. The van der Waals surface area contributed by atoms with Crippen LogP contribution in [0.25, 0.3) is 0 Å². The van der Waals surface area contributed by atoms with E-state index in [4.69, 9.17) is 0 Å². The first-order chi connectivity index (χ1) is 13.8. The van der Waals surface area contributed by atoms with Gasteiger partial charge in [0.05, 0.1) is 10.5 Å². The highest BCUT2D eigenvalue weighted by atomic mass is 32.2. The Hall–Kier alpha value is -3.06. The largest absolute Gasteiger partial charge is 0.352 e. The lowest BCUT2D eigenvalue weighted by atomic mass is 9.88. The summed E-state index contributed by atoms with van der Waals surface area (Å²) in [7, 11) is -3.29. The van der Waals surface area contributed by atoms with Crippen molar-refractivity contribution in [3.8, 4) is 0 Å². The zero-order valence-electron chi connectivity index (χ0n) is 15.9. The van der Waals surface area contributed by atoms with E-state index in [9.17, 15) is 17.6 Å². The SMILES string of the molecule is CS(=O)(=O)c1ccc(C(CCNC(=O)c2cccnc2)c2ccc(F)cc2)cc1. The van der Waals surface area contributed by atoms with Gasteiger partial charge in [-0.15, -0.1) is 0 Å². The minimum Gasteiger partial charge on any atom is -0.352 e. The molecule has 1 unspecified atom stereocenters. The lowest BCUT2D eigenvalue weighted by Gasteiger charge is -2.19. The molecule has 0 aliphatic rings. The lowest BCUT2D eigenvalue weighted by Crippen LogP contribution is -2.26. The standard InChI is InChI=1S/C22H21FN2O3S/c1-29(27,28)20-10-6-17(7-11-20)21(16-4-8-19(23)9-5-16)12-14-25-22(26)18-3-2-13-24-15-18/h2-11,13,15,21H,12,14H2,1H3,(H,25,26). The van der Waals surface area contributed by atoms with Gasteiger partial charge in [-0.3, -0.25) is 9.78 Å². The Labute approximate surface area is 169 Å². The topological polar surface area (TPSA) is 76.1 Å². The molecule has 7 heteroatoms. The van der Waals surface area contributed by atoms with Crippen molar-refractivity contribution in [2.75, 3.05) is 12.8 Å². The van der Waals surface area contributed by atoms with Crippen molar-refractivity contribution in [2.24, 2.45) is 0 Å². The van der Waals surface area contributed by atoms with Gasteiger partial charge in [0.15, 0.2) is 9.84 Å². The summed E-state index contributed by atoms with van der Waals surface area (Å²) in [6.45, 7) is 0.392. The number of aromatic nitrogens is 1. The molecule has 0 aliphatic heterocycles. The number of rotatable bonds is 7. The van der Waals surface area contributed by atoms with Crippen LogP contribution in [0.1, 0.15) is 33.8 Å². The molecule has 5 nitrogen and oxygen atoms in total. The van der Waals surface area contributed by atoms with Gasteiger partial charge in [0, 0.05) is 31.1 Å². The molecule has 0 spiro atoms. The number of hydrogen-bond donors (Lipinski definition) is 1. The zero-order valence-corrected chi connectivity index (χ0v) is 16.7. The number of sulfone groups is 1. The van der Waals surface area contributed by atoms with Crippen LogP contribution >= 0.6 is 0 Å². The first-order valence-electron chi connectivity index (χ1n) is 9.08. The first kappa shape index (κ1) is 20.7. The van der Waals surface area contributed by atoms with Crippen molar-refractivity contribution in [3.05, 3.63) is 95.6 Å². The molecule has 0 saturated carbocycles. The van der Waals surface area contributed by atoms with Crippen molar-refractivity contribution >= 4 is 15.7 Å². The molecule has 3 rings (SSSR count). The number of halogens is 1. The molecule has 1 atom stereocenters. The predicted octanol–water partition coefficient (Wildman–Crippen LogP) is 3.58. The van der Waals surface area contributed by atoms with Crippen molar-refractivity contribution in [1.82, 2.24) is 10.3 Å². The minimum absolute atomic E-state index is 0.126. The first-order valence-corrected chi connectivity index (χ1v) is 11.0. The third kappa shape index (κ3) is 5.48. The number of hydrogen-bond acceptors (Lipinski definition) is 4. The second-order valence-corrected chi connectivity index (χ2v) is 8.75.